The predicted octanol–water partition coefficient (Wildman–Crippen LogP) is 3.50. The Kier molecular flexibility index (Phi) is 2.47. The lowest BCUT2D eigenvalue weighted by molar-refractivity contribution is 0.174. The Labute approximate surface area is 94.5 Å². The molecule has 3 rings (SSSR count). The third kappa shape index (κ3) is 1.57. The highest BCUT2D eigenvalue weighted by Crippen LogP contribution is 2.55. The fourth-order valence-corrected chi connectivity index (χ4v) is 6.50. The molecule has 0 spiro atoms. The van der Waals surface area contributed by atoms with Crippen LogP contribution in [0.5, 0.6) is 11.5 Å². The van der Waals surface area contributed by atoms with Gasteiger partial charge >= 0.3 is 0 Å². The van der Waals surface area contributed by atoms with Gasteiger partial charge < -0.3 is 9.47 Å². The number of ether oxygens (including phenoxy) is 2. The zero-order chi connectivity index (χ0) is 9.38. The van der Waals surface area contributed by atoms with Crippen LogP contribution in [-0.2, 0) is 0 Å². The van der Waals surface area contributed by atoms with E-state index in [-0.39, 0.29) is 0 Å². The van der Waals surface area contributed by atoms with Crippen LogP contribution in [0.15, 0.2) is 18.2 Å². The lowest BCUT2D eigenvalue weighted by Crippen LogP contribution is -1.92. The SMILES string of the molecule is c1cc2c(cc1C1SCSS1)OCO2. The van der Waals surface area contributed by atoms with Crippen molar-refractivity contribution in [1.82, 2.24) is 0 Å². The molecule has 0 bridgehead atoms. The summed E-state index contributed by atoms with van der Waals surface area (Å²) in [5.74, 6) is 1.76. The largest absolute Gasteiger partial charge is 0.454 e. The average molecular weight is 244 g/mol. The van der Waals surface area contributed by atoms with Gasteiger partial charge in [-0.05, 0) is 17.7 Å². The molecule has 1 aromatic rings. The van der Waals surface area contributed by atoms with E-state index in [1.54, 1.807) is 0 Å². The molecule has 2 nitrogen and oxygen atoms in total. The van der Waals surface area contributed by atoms with Crippen LogP contribution in [0.25, 0.3) is 0 Å². The molecular formula is C9H8O2S3. The summed E-state index contributed by atoms with van der Waals surface area (Å²) in [6, 6.07) is 6.23. The summed E-state index contributed by atoms with van der Waals surface area (Å²) in [5, 5.41) is 1.17. The Morgan fingerprint density at radius 3 is 3.00 bits per heavy atom. The maximum atomic E-state index is 5.35. The average Bonchev–Trinajstić information content (AvgIpc) is 2.88. The molecule has 1 aromatic carbocycles. The molecule has 0 aliphatic carbocycles. The van der Waals surface area contributed by atoms with E-state index in [2.05, 4.69) is 12.1 Å². The second-order valence-electron chi connectivity index (χ2n) is 2.94. The molecule has 1 fully saturated rings. The van der Waals surface area contributed by atoms with Gasteiger partial charge in [0.15, 0.2) is 11.5 Å². The normalized spacial score (nSPS) is 24.1. The summed E-state index contributed by atoms with van der Waals surface area (Å²) in [6.07, 6.45) is 0. The van der Waals surface area contributed by atoms with E-state index >= 15 is 0 Å². The molecule has 0 amide bonds. The van der Waals surface area contributed by atoms with Crippen LogP contribution in [0.1, 0.15) is 10.1 Å². The number of rotatable bonds is 1. The molecule has 1 atom stereocenters. The zero-order valence-electron chi connectivity index (χ0n) is 7.26. The summed E-state index contributed by atoms with van der Waals surface area (Å²) < 4.78 is 11.2. The topological polar surface area (TPSA) is 18.5 Å². The van der Waals surface area contributed by atoms with E-state index < -0.39 is 0 Å². The first-order valence-electron chi connectivity index (χ1n) is 4.23. The van der Waals surface area contributed by atoms with Crippen molar-refractivity contribution in [2.75, 3.05) is 11.9 Å². The molecule has 1 saturated heterocycles. The molecule has 0 N–H and O–H groups in total. The number of hydrogen-bond donors (Lipinski definition) is 0. The van der Waals surface area contributed by atoms with Gasteiger partial charge in [-0.1, -0.05) is 27.7 Å². The maximum Gasteiger partial charge on any atom is 0.231 e. The monoisotopic (exact) mass is 244 g/mol. The zero-order valence-corrected chi connectivity index (χ0v) is 9.71. The molecule has 0 radical (unpaired) electrons. The highest BCUT2D eigenvalue weighted by molar-refractivity contribution is 8.82. The third-order valence-corrected chi connectivity index (χ3v) is 7.09. The predicted molar refractivity (Wildman–Crippen MR) is 62.9 cm³/mol. The first-order valence-corrected chi connectivity index (χ1v) is 7.66. The molecule has 2 aliphatic rings. The van der Waals surface area contributed by atoms with Crippen LogP contribution in [0.4, 0.5) is 0 Å². The molecular weight excluding hydrogens is 236 g/mol. The molecule has 1 unspecified atom stereocenters. The van der Waals surface area contributed by atoms with E-state index in [1.165, 1.54) is 10.6 Å². The van der Waals surface area contributed by atoms with Crippen molar-refractivity contribution in [3.8, 4) is 11.5 Å². The van der Waals surface area contributed by atoms with Gasteiger partial charge in [-0.25, -0.2) is 0 Å². The van der Waals surface area contributed by atoms with Crippen LogP contribution in [0.3, 0.4) is 0 Å². The van der Waals surface area contributed by atoms with Gasteiger partial charge in [-0.2, -0.15) is 0 Å². The second kappa shape index (κ2) is 3.79. The standard InChI is InChI=1S/C9H8O2S3/c1-2-7-8(11-4-10-7)3-6(1)9-12-5-13-14-9/h1-3,9H,4-5H2. The van der Waals surface area contributed by atoms with Gasteiger partial charge in [0, 0.05) is 0 Å². The van der Waals surface area contributed by atoms with Crippen LogP contribution < -0.4 is 9.47 Å². The molecule has 0 aromatic heterocycles. The van der Waals surface area contributed by atoms with Crippen molar-refractivity contribution in [2.24, 2.45) is 0 Å². The Bertz CT molecular complexity index is 350. The van der Waals surface area contributed by atoms with Gasteiger partial charge in [0.05, 0.1) is 9.67 Å². The number of benzene rings is 1. The van der Waals surface area contributed by atoms with Crippen molar-refractivity contribution in [2.45, 2.75) is 4.58 Å². The minimum Gasteiger partial charge on any atom is -0.454 e. The van der Waals surface area contributed by atoms with Crippen molar-refractivity contribution < 1.29 is 9.47 Å². The van der Waals surface area contributed by atoms with Crippen LogP contribution >= 0.6 is 33.3 Å². The van der Waals surface area contributed by atoms with Gasteiger partial charge in [0.1, 0.15) is 0 Å². The van der Waals surface area contributed by atoms with E-state index in [9.17, 15) is 0 Å². The molecule has 74 valence electrons. The third-order valence-electron chi connectivity index (χ3n) is 2.09. The van der Waals surface area contributed by atoms with Gasteiger partial charge in [0.25, 0.3) is 0 Å². The van der Waals surface area contributed by atoms with Crippen LogP contribution in [0, 0.1) is 0 Å². The Hall–Kier alpha value is -0.130. The van der Waals surface area contributed by atoms with Gasteiger partial charge in [-0.15, -0.1) is 11.8 Å². The second-order valence-corrected chi connectivity index (χ2v) is 7.17. The summed E-state index contributed by atoms with van der Waals surface area (Å²) in [4.78, 5) is 0. The van der Waals surface area contributed by atoms with Crippen LogP contribution in [-0.4, -0.2) is 11.9 Å². The first kappa shape index (κ1) is 9.12. The summed E-state index contributed by atoms with van der Waals surface area (Å²) >= 11 is 1.97. The van der Waals surface area contributed by atoms with Gasteiger partial charge in [-0.3, -0.25) is 0 Å². The lowest BCUT2D eigenvalue weighted by Gasteiger charge is -2.07. The Morgan fingerprint density at radius 1 is 1.21 bits per heavy atom. The van der Waals surface area contributed by atoms with Crippen molar-refractivity contribution >= 4 is 33.3 Å². The summed E-state index contributed by atoms with van der Waals surface area (Å²) in [7, 11) is 3.84. The van der Waals surface area contributed by atoms with E-state index in [1.807, 2.05) is 39.4 Å². The molecule has 2 heterocycles. The molecule has 0 saturated carbocycles. The van der Waals surface area contributed by atoms with E-state index in [4.69, 9.17) is 9.47 Å². The van der Waals surface area contributed by atoms with Crippen molar-refractivity contribution in [1.29, 1.82) is 0 Å². The Morgan fingerprint density at radius 2 is 2.14 bits per heavy atom. The lowest BCUT2D eigenvalue weighted by atomic mass is 10.2. The van der Waals surface area contributed by atoms with Crippen LogP contribution in [0.2, 0.25) is 0 Å². The highest BCUT2D eigenvalue weighted by Gasteiger charge is 2.22. The Balaban J connectivity index is 1.91. The fraction of sp³-hybridized carbons (Fsp3) is 0.333. The van der Waals surface area contributed by atoms with E-state index in [0.717, 1.165) is 11.5 Å². The summed E-state index contributed by atoms with van der Waals surface area (Å²) in [6.45, 7) is 0.360. The van der Waals surface area contributed by atoms with Crippen molar-refractivity contribution in [3.05, 3.63) is 23.8 Å². The summed E-state index contributed by atoms with van der Waals surface area (Å²) in [5.41, 5.74) is 1.33. The van der Waals surface area contributed by atoms with Gasteiger partial charge in [0.2, 0.25) is 6.79 Å². The van der Waals surface area contributed by atoms with Crippen molar-refractivity contribution in [3.63, 3.8) is 0 Å². The maximum absolute atomic E-state index is 5.35. The van der Waals surface area contributed by atoms with E-state index in [0.29, 0.717) is 11.4 Å². The highest BCUT2D eigenvalue weighted by atomic mass is 33.1. The molecule has 5 heteroatoms. The number of hydrogen-bond acceptors (Lipinski definition) is 5. The molecule has 14 heavy (non-hydrogen) atoms. The number of fused-ring (bicyclic) bond motifs is 1. The quantitative estimate of drug-likeness (QED) is 0.702. The fourth-order valence-electron chi connectivity index (χ4n) is 1.42. The molecule has 2 aliphatic heterocycles. The number of thioether (sulfide) groups is 1. The smallest absolute Gasteiger partial charge is 0.231 e. The minimum atomic E-state index is 0.360. The minimum absolute atomic E-state index is 0.360. The first-order chi connectivity index (χ1) is 6.93.